The van der Waals surface area contributed by atoms with Gasteiger partial charge >= 0.3 is 0 Å². The van der Waals surface area contributed by atoms with Gasteiger partial charge in [-0.15, -0.1) is 0 Å². The summed E-state index contributed by atoms with van der Waals surface area (Å²) in [6.45, 7) is 1.98. The number of ether oxygens (including phenoxy) is 1. The van der Waals surface area contributed by atoms with E-state index in [4.69, 9.17) is 27.8 Å². The SMILES string of the molecule is NC(=S)c1cccc(NC(=O)CN2CCOC(CO)C2)c1. The third kappa shape index (κ3) is 4.75. The lowest BCUT2D eigenvalue weighted by molar-refractivity contribution is -0.120. The minimum atomic E-state index is -0.218. The van der Waals surface area contributed by atoms with Gasteiger partial charge in [-0.05, 0) is 12.1 Å². The Labute approximate surface area is 128 Å². The number of nitrogens with one attached hydrogen (secondary N) is 1. The molecule has 1 fully saturated rings. The van der Waals surface area contributed by atoms with Crippen molar-refractivity contribution < 1.29 is 14.6 Å². The van der Waals surface area contributed by atoms with Crippen LogP contribution in [0.5, 0.6) is 0 Å². The number of hydrogen-bond donors (Lipinski definition) is 3. The zero-order chi connectivity index (χ0) is 15.2. The fourth-order valence-electron chi connectivity index (χ4n) is 2.19. The van der Waals surface area contributed by atoms with Gasteiger partial charge in [-0.25, -0.2) is 0 Å². The Kier molecular flexibility index (Phi) is 5.63. The number of thiocarbonyl (C=S) groups is 1. The number of morpholine rings is 1. The molecule has 1 atom stereocenters. The monoisotopic (exact) mass is 309 g/mol. The fraction of sp³-hybridized carbons (Fsp3) is 0.429. The summed E-state index contributed by atoms with van der Waals surface area (Å²) in [6.07, 6.45) is -0.218. The van der Waals surface area contributed by atoms with Crippen LogP contribution in [0.3, 0.4) is 0 Å². The summed E-state index contributed by atoms with van der Waals surface area (Å²) in [5.41, 5.74) is 6.95. The third-order valence-electron chi connectivity index (χ3n) is 3.22. The van der Waals surface area contributed by atoms with Crippen LogP contribution in [-0.4, -0.2) is 59.9 Å². The second kappa shape index (κ2) is 7.46. The van der Waals surface area contributed by atoms with Crippen LogP contribution in [0, 0.1) is 0 Å². The van der Waals surface area contributed by atoms with Crippen molar-refractivity contribution in [2.45, 2.75) is 6.10 Å². The molecule has 0 spiro atoms. The molecule has 0 bridgehead atoms. The van der Waals surface area contributed by atoms with E-state index in [0.717, 1.165) is 5.56 Å². The molecule has 1 heterocycles. The lowest BCUT2D eigenvalue weighted by atomic mass is 10.2. The first-order valence-corrected chi connectivity index (χ1v) is 7.14. The molecule has 2 rings (SSSR count). The van der Waals surface area contributed by atoms with E-state index in [2.05, 4.69) is 5.32 Å². The average molecular weight is 309 g/mol. The van der Waals surface area contributed by atoms with E-state index in [-0.39, 0.29) is 25.2 Å². The number of rotatable bonds is 5. The number of anilines is 1. The molecule has 7 heteroatoms. The van der Waals surface area contributed by atoms with E-state index >= 15 is 0 Å². The summed E-state index contributed by atoms with van der Waals surface area (Å²) in [6, 6.07) is 7.12. The van der Waals surface area contributed by atoms with Crippen LogP contribution in [-0.2, 0) is 9.53 Å². The maximum absolute atomic E-state index is 12.0. The molecule has 1 aromatic rings. The molecule has 0 saturated carbocycles. The Balaban J connectivity index is 1.89. The molecule has 1 amide bonds. The molecule has 114 valence electrons. The van der Waals surface area contributed by atoms with Gasteiger partial charge in [0.2, 0.25) is 5.91 Å². The molecular formula is C14H19N3O3S. The number of aliphatic hydroxyl groups is 1. The van der Waals surface area contributed by atoms with Gasteiger partial charge in [0.25, 0.3) is 0 Å². The zero-order valence-electron chi connectivity index (χ0n) is 11.6. The van der Waals surface area contributed by atoms with Gasteiger partial charge in [-0.1, -0.05) is 24.4 Å². The van der Waals surface area contributed by atoms with Crippen molar-refractivity contribution in [1.29, 1.82) is 0 Å². The number of amides is 1. The maximum atomic E-state index is 12.0. The topological polar surface area (TPSA) is 87.8 Å². The number of carbonyl (C=O) groups is 1. The third-order valence-corrected chi connectivity index (χ3v) is 3.46. The summed E-state index contributed by atoms with van der Waals surface area (Å²) in [5.74, 6) is -0.117. The van der Waals surface area contributed by atoms with Crippen LogP contribution in [0.2, 0.25) is 0 Å². The highest BCUT2D eigenvalue weighted by Crippen LogP contribution is 2.11. The first-order chi connectivity index (χ1) is 10.1. The predicted molar refractivity (Wildman–Crippen MR) is 84.2 cm³/mol. The van der Waals surface area contributed by atoms with Crippen molar-refractivity contribution in [2.75, 3.05) is 38.2 Å². The fourth-order valence-corrected chi connectivity index (χ4v) is 2.32. The van der Waals surface area contributed by atoms with Crippen LogP contribution in [0.4, 0.5) is 5.69 Å². The molecule has 1 aromatic carbocycles. The summed E-state index contributed by atoms with van der Waals surface area (Å²) < 4.78 is 5.35. The minimum absolute atomic E-state index is 0.0336. The average Bonchev–Trinajstić information content (AvgIpc) is 2.47. The molecule has 4 N–H and O–H groups in total. The second-order valence-corrected chi connectivity index (χ2v) is 5.34. The van der Waals surface area contributed by atoms with Crippen molar-refractivity contribution in [1.82, 2.24) is 4.90 Å². The Morgan fingerprint density at radius 2 is 2.38 bits per heavy atom. The number of aliphatic hydroxyl groups excluding tert-OH is 1. The largest absolute Gasteiger partial charge is 0.394 e. The number of benzene rings is 1. The quantitative estimate of drug-likeness (QED) is 0.661. The smallest absolute Gasteiger partial charge is 0.238 e. The minimum Gasteiger partial charge on any atom is -0.394 e. The highest BCUT2D eigenvalue weighted by atomic mass is 32.1. The molecule has 6 nitrogen and oxygen atoms in total. The van der Waals surface area contributed by atoms with Crippen molar-refractivity contribution >= 4 is 28.8 Å². The van der Waals surface area contributed by atoms with Crippen molar-refractivity contribution in [3.63, 3.8) is 0 Å². The van der Waals surface area contributed by atoms with Crippen molar-refractivity contribution in [3.8, 4) is 0 Å². The highest BCUT2D eigenvalue weighted by Gasteiger charge is 2.21. The Bertz CT molecular complexity index is 524. The molecule has 1 aliphatic rings. The number of nitrogens with two attached hydrogens (primary N) is 1. The summed E-state index contributed by atoms with van der Waals surface area (Å²) in [5, 5.41) is 11.9. The zero-order valence-corrected chi connectivity index (χ0v) is 12.4. The van der Waals surface area contributed by atoms with Crippen molar-refractivity contribution in [2.24, 2.45) is 5.73 Å². The lowest BCUT2D eigenvalue weighted by Gasteiger charge is -2.31. The lowest BCUT2D eigenvalue weighted by Crippen LogP contribution is -2.46. The molecule has 0 aliphatic carbocycles. The van der Waals surface area contributed by atoms with Crippen LogP contribution in [0.25, 0.3) is 0 Å². The van der Waals surface area contributed by atoms with Gasteiger partial charge in [0, 0.05) is 24.3 Å². The van der Waals surface area contributed by atoms with Crippen LogP contribution >= 0.6 is 12.2 Å². The molecule has 1 aliphatic heterocycles. The highest BCUT2D eigenvalue weighted by molar-refractivity contribution is 7.80. The first kappa shape index (κ1) is 15.8. The second-order valence-electron chi connectivity index (χ2n) is 4.90. The Morgan fingerprint density at radius 3 is 3.10 bits per heavy atom. The van der Waals surface area contributed by atoms with Crippen LogP contribution in [0.1, 0.15) is 5.56 Å². The van der Waals surface area contributed by atoms with Gasteiger partial charge in [-0.3, -0.25) is 9.69 Å². The number of nitrogens with zero attached hydrogens (tertiary/aromatic N) is 1. The summed E-state index contributed by atoms with van der Waals surface area (Å²) in [7, 11) is 0. The standard InChI is InChI=1S/C14H19N3O3S/c15-14(21)10-2-1-3-11(6-10)16-13(19)8-17-4-5-20-12(7-17)9-18/h1-3,6,12,18H,4-5,7-9H2,(H2,15,21)(H,16,19). The van der Waals surface area contributed by atoms with E-state index < -0.39 is 0 Å². The molecule has 1 unspecified atom stereocenters. The van der Waals surface area contributed by atoms with Gasteiger partial charge in [0.05, 0.1) is 25.9 Å². The Morgan fingerprint density at radius 1 is 1.57 bits per heavy atom. The normalized spacial score (nSPS) is 19.2. The number of hydrogen-bond acceptors (Lipinski definition) is 5. The predicted octanol–water partition coefficient (Wildman–Crippen LogP) is -0.0476. The van der Waals surface area contributed by atoms with E-state index in [1.54, 1.807) is 24.3 Å². The summed E-state index contributed by atoms with van der Waals surface area (Å²) >= 11 is 4.91. The maximum Gasteiger partial charge on any atom is 0.238 e. The molecule has 21 heavy (non-hydrogen) atoms. The molecule has 0 aromatic heterocycles. The molecule has 1 saturated heterocycles. The van der Waals surface area contributed by atoms with Crippen LogP contribution < -0.4 is 11.1 Å². The summed E-state index contributed by atoms with van der Waals surface area (Å²) in [4.78, 5) is 14.3. The number of carbonyl (C=O) groups excluding carboxylic acids is 1. The van der Waals surface area contributed by atoms with Crippen LogP contribution in [0.15, 0.2) is 24.3 Å². The van der Waals surface area contributed by atoms with Gasteiger partial charge in [0.1, 0.15) is 4.99 Å². The van der Waals surface area contributed by atoms with Gasteiger partial charge in [0.15, 0.2) is 0 Å². The molecular weight excluding hydrogens is 290 g/mol. The Hall–Kier alpha value is -1.54. The van der Waals surface area contributed by atoms with E-state index in [1.165, 1.54) is 0 Å². The van der Waals surface area contributed by atoms with E-state index in [0.29, 0.717) is 30.4 Å². The first-order valence-electron chi connectivity index (χ1n) is 6.73. The molecule has 0 radical (unpaired) electrons. The van der Waals surface area contributed by atoms with Crippen molar-refractivity contribution in [3.05, 3.63) is 29.8 Å². The van der Waals surface area contributed by atoms with Gasteiger partial charge in [-0.2, -0.15) is 0 Å². The van der Waals surface area contributed by atoms with E-state index in [1.807, 2.05) is 4.90 Å². The van der Waals surface area contributed by atoms with Gasteiger partial charge < -0.3 is 20.9 Å². The van der Waals surface area contributed by atoms with E-state index in [9.17, 15) is 4.79 Å².